The summed E-state index contributed by atoms with van der Waals surface area (Å²) >= 11 is 17.6. The first-order valence-corrected chi connectivity index (χ1v) is 6.86. The standard InChI is InChI=1S/C14H12Cl3NO/c15-10-1-4-12(5-2-10)18-7-8-19-14-6-3-11(16)9-13(14)17/h1-6,9,18H,7-8H2. The Morgan fingerprint density at radius 3 is 2.26 bits per heavy atom. The van der Waals surface area contributed by atoms with Crippen LogP contribution < -0.4 is 10.1 Å². The highest BCUT2D eigenvalue weighted by Crippen LogP contribution is 2.27. The van der Waals surface area contributed by atoms with Gasteiger partial charge < -0.3 is 10.1 Å². The van der Waals surface area contributed by atoms with Gasteiger partial charge in [0, 0.05) is 22.3 Å². The van der Waals surface area contributed by atoms with Gasteiger partial charge >= 0.3 is 0 Å². The van der Waals surface area contributed by atoms with Crippen LogP contribution >= 0.6 is 34.8 Å². The summed E-state index contributed by atoms with van der Waals surface area (Å²) in [5.74, 6) is 0.629. The molecule has 2 nitrogen and oxygen atoms in total. The monoisotopic (exact) mass is 315 g/mol. The number of hydrogen-bond acceptors (Lipinski definition) is 2. The van der Waals surface area contributed by atoms with E-state index in [-0.39, 0.29) is 0 Å². The van der Waals surface area contributed by atoms with Crippen LogP contribution in [-0.4, -0.2) is 13.2 Å². The molecule has 0 saturated carbocycles. The molecule has 0 saturated heterocycles. The number of benzene rings is 2. The Morgan fingerprint density at radius 2 is 1.58 bits per heavy atom. The molecule has 2 rings (SSSR count). The summed E-state index contributed by atoms with van der Waals surface area (Å²) in [5.41, 5.74) is 0.996. The average molecular weight is 317 g/mol. The van der Waals surface area contributed by atoms with Gasteiger partial charge in [-0.2, -0.15) is 0 Å². The summed E-state index contributed by atoms with van der Waals surface area (Å²) in [7, 11) is 0. The molecule has 0 spiro atoms. The van der Waals surface area contributed by atoms with Gasteiger partial charge in [0.15, 0.2) is 0 Å². The summed E-state index contributed by atoms with van der Waals surface area (Å²) in [6.45, 7) is 1.17. The molecule has 0 aliphatic rings. The molecule has 2 aromatic rings. The Bertz CT molecular complexity index is 543. The van der Waals surface area contributed by atoms with Crippen molar-refractivity contribution in [3.63, 3.8) is 0 Å². The van der Waals surface area contributed by atoms with Gasteiger partial charge in [-0.25, -0.2) is 0 Å². The summed E-state index contributed by atoms with van der Waals surface area (Å²) in [6.07, 6.45) is 0. The SMILES string of the molecule is Clc1ccc(NCCOc2ccc(Cl)cc2Cl)cc1. The zero-order valence-electron chi connectivity index (χ0n) is 10.00. The highest BCUT2D eigenvalue weighted by molar-refractivity contribution is 6.35. The number of nitrogens with one attached hydrogen (secondary N) is 1. The Labute approximate surface area is 127 Å². The lowest BCUT2D eigenvalue weighted by Crippen LogP contribution is -2.11. The van der Waals surface area contributed by atoms with Gasteiger partial charge in [0.2, 0.25) is 0 Å². The van der Waals surface area contributed by atoms with Gasteiger partial charge in [-0.1, -0.05) is 34.8 Å². The Kier molecular flexibility index (Phi) is 5.20. The topological polar surface area (TPSA) is 21.3 Å². The van der Waals surface area contributed by atoms with Gasteiger partial charge in [0.05, 0.1) is 5.02 Å². The molecule has 0 amide bonds. The Hall–Kier alpha value is -1.09. The van der Waals surface area contributed by atoms with Gasteiger partial charge in [0.1, 0.15) is 12.4 Å². The molecule has 2 aromatic carbocycles. The number of halogens is 3. The van der Waals surface area contributed by atoms with E-state index >= 15 is 0 Å². The highest BCUT2D eigenvalue weighted by atomic mass is 35.5. The summed E-state index contributed by atoms with van der Waals surface area (Å²) in [4.78, 5) is 0. The molecule has 0 bridgehead atoms. The maximum atomic E-state index is 6.00. The summed E-state index contributed by atoms with van der Waals surface area (Å²) < 4.78 is 5.56. The van der Waals surface area contributed by atoms with E-state index in [9.17, 15) is 0 Å². The lowest BCUT2D eigenvalue weighted by Gasteiger charge is -2.10. The predicted octanol–water partition coefficient (Wildman–Crippen LogP) is 5.14. The molecule has 0 radical (unpaired) electrons. The van der Waals surface area contributed by atoms with Crippen molar-refractivity contribution in [1.29, 1.82) is 0 Å². The summed E-state index contributed by atoms with van der Waals surface area (Å²) in [5, 5.41) is 5.04. The Balaban J connectivity index is 1.79. The largest absolute Gasteiger partial charge is 0.490 e. The summed E-state index contributed by atoms with van der Waals surface area (Å²) in [6, 6.07) is 12.7. The number of hydrogen-bond donors (Lipinski definition) is 1. The molecule has 19 heavy (non-hydrogen) atoms. The van der Waals surface area contributed by atoms with Gasteiger partial charge in [-0.05, 0) is 42.5 Å². The molecule has 5 heteroatoms. The average Bonchev–Trinajstić information content (AvgIpc) is 2.39. The number of anilines is 1. The van der Waals surface area contributed by atoms with E-state index in [4.69, 9.17) is 39.5 Å². The zero-order valence-corrected chi connectivity index (χ0v) is 12.3. The van der Waals surface area contributed by atoms with E-state index in [0.717, 1.165) is 10.7 Å². The highest BCUT2D eigenvalue weighted by Gasteiger charge is 2.01. The van der Waals surface area contributed by atoms with Crippen molar-refractivity contribution < 1.29 is 4.74 Å². The third-order valence-electron chi connectivity index (χ3n) is 2.43. The van der Waals surface area contributed by atoms with Crippen molar-refractivity contribution in [3.05, 3.63) is 57.5 Å². The smallest absolute Gasteiger partial charge is 0.138 e. The molecular weight excluding hydrogens is 305 g/mol. The maximum absolute atomic E-state index is 6.00. The molecule has 0 atom stereocenters. The van der Waals surface area contributed by atoms with E-state index in [1.54, 1.807) is 18.2 Å². The van der Waals surface area contributed by atoms with Crippen LogP contribution in [0.2, 0.25) is 15.1 Å². The van der Waals surface area contributed by atoms with Crippen molar-refractivity contribution in [2.75, 3.05) is 18.5 Å². The maximum Gasteiger partial charge on any atom is 0.138 e. The number of ether oxygens (including phenoxy) is 1. The van der Waals surface area contributed by atoms with Crippen LogP contribution in [0.15, 0.2) is 42.5 Å². The van der Waals surface area contributed by atoms with Crippen LogP contribution in [-0.2, 0) is 0 Å². The van der Waals surface area contributed by atoms with E-state index in [1.807, 2.05) is 24.3 Å². The Morgan fingerprint density at radius 1 is 0.895 bits per heavy atom. The molecule has 100 valence electrons. The van der Waals surface area contributed by atoms with Crippen LogP contribution in [0.1, 0.15) is 0 Å². The zero-order chi connectivity index (χ0) is 13.7. The van der Waals surface area contributed by atoms with Crippen LogP contribution in [0, 0.1) is 0 Å². The van der Waals surface area contributed by atoms with E-state index in [2.05, 4.69) is 5.32 Å². The quantitative estimate of drug-likeness (QED) is 0.771. The van der Waals surface area contributed by atoms with Crippen molar-refractivity contribution >= 4 is 40.5 Å². The predicted molar refractivity (Wildman–Crippen MR) is 81.9 cm³/mol. The fourth-order valence-corrected chi connectivity index (χ4v) is 2.11. The lowest BCUT2D eigenvalue weighted by atomic mass is 10.3. The molecule has 1 N–H and O–H groups in total. The molecule has 0 aliphatic heterocycles. The fourth-order valence-electron chi connectivity index (χ4n) is 1.52. The van der Waals surface area contributed by atoms with Gasteiger partial charge in [-0.15, -0.1) is 0 Å². The van der Waals surface area contributed by atoms with Crippen molar-refractivity contribution in [3.8, 4) is 5.75 Å². The first kappa shape index (κ1) is 14.3. The molecule has 0 aliphatic carbocycles. The molecule has 0 aromatic heterocycles. The first-order chi connectivity index (χ1) is 9.15. The van der Waals surface area contributed by atoms with Gasteiger partial charge in [-0.3, -0.25) is 0 Å². The van der Waals surface area contributed by atoms with E-state index < -0.39 is 0 Å². The minimum atomic E-state index is 0.504. The third-order valence-corrected chi connectivity index (χ3v) is 3.21. The third kappa shape index (κ3) is 4.50. The molecule has 0 unspecified atom stereocenters. The van der Waals surface area contributed by atoms with Gasteiger partial charge in [0.25, 0.3) is 0 Å². The second kappa shape index (κ2) is 6.90. The van der Waals surface area contributed by atoms with Crippen LogP contribution in [0.4, 0.5) is 5.69 Å². The van der Waals surface area contributed by atoms with E-state index in [0.29, 0.717) is 28.9 Å². The normalized spacial score (nSPS) is 10.3. The van der Waals surface area contributed by atoms with Crippen LogP contribution in [0.5, 0.6) is 5.75 Å². The van der Waals surface area contributed by atoms with Crippen molar-refractivity contribution in [1.82, 2.24) is 0 Å². The molecule has 0 fully saturated rings. The second-order valence-corrected chi connectivity index (χ2v) is 5.14. The minimum Gasteiger partial charge on any atom is -0.490 e. The van der Waals surface area contributed by atoms with Crippen molar-refractivity contribution in [2.24, 2.45) is 0 Å². The van der Waals surface area contributed by atoms with E-state index in [1.165, 1.54) is 0 Å². The molecule has 0 heterocycles. The minimum absolute atomic E-state index is 0.504. The van der Waals surface area contributed by atoms with Crippen molar-refractivity contribution in [2.45, 2.75) is 0 Å². The first-order valence-electron chi connectivity index (χ1n) is 5.72. The molecular formula is C14H12Cl3NO. The fraction of sp³-hybridized carbons (Fsp3) is 0.143. The van der Waals surface area contributed by atoms with Crippen LogP contribution in [0.25, 0.3) is 0 Å². The second-order valence-electron chi connectivity index (χ2n) is 3.86. The van der Waals surface area contributed by atoms with Crippen LogP contribution in [0.3, 0.4) is 0 Å². The number of rotatable bonds is 5. The lowest BCUT2D eigenvalue weighted by molar-refractivity contribution is 0.333.